The van der Waals surface area contributed by atoms with Crippen LogP contribution in [0.25, 0.3) is 0 Å². The second-order valence-corrected chi connectivity index (χ2v) is 9.06. The van der Waals surface area contributed by atoms with Gasteiger partial charge in [0.1, 0.15) is 5.75 Å². The molecule has 7 heteroatoms. The number of methoxy groups -OCH3 is 1. The molecular formula is C24H36N4O3. The summed E-state index contributed by atoms with van der Waals surface area (Å²) in [6, 6.07) is 8.63. The third-order valence-electron chi connectivity index (χ3n) is 7.05. The van der Waals surface area contributed by atoms with Gasteiger partial charge in [-0.05, 0) is 50.1 Å². The Kier molecular flexibility index (Phi) is 7.33. The molecule has 1 aromatic rings. The Morgan fingerprint density at radius 1 is 1.10 bits per heavy atom. The van der Waals surface area contributed by atoms with E-state index in [0.717, 1.165) is 57.7 Å². The van der Waals surface area contributed by atoms with Crippen molar-refractivity contribution in [2.75, 3.05) is 57.8 Å². The zero-order valence-electron chi connectivity index (χ0n) is 18.7. The molecule has 3 aliphatic rings. The fraction of sp³-hybridized carbons (Fsp3) is 0.667. The molecule has 1 aromatic carbocycles. The summed E-state index contributed by atoms with van der Waals surface area (Å²) in [6.07, 6.45) is 5.95. The normalized spacial score (nSPS) is 22.9. The number of carbonyl (C=O) groups excluding carboxylic acids is 2. The Labute approximate surface area is 185 Å². The summed E-state index contributed by atoms with van der Waals surface area (Å²) < 4.78 is 5.24. The van der Waals surface area contributed by atoms with Gasteiger partial charge >= 0.3 is 0 Å². The maximum atomic E-state index is 12.5. The lowest BCUT2D eigenvalue weighted by molar-refractivity contribution is -0.130. The van der Waals surface area contributed by atoms with Crippen LogP contribution in [0.1, 0.15) is 38.5 Å². The molecular weight excluding hydrogens is 392 g/mol. The van der Waals surface area contributed by atoms with Gasteiger partial charge in [0, 0.05) is 57.4 Å². The van der Waals surface area contributed by atoms with Gasteiger partial charge < -0.3 is 19.9 Å². The highest BCUT2D eigenvalue weighted by molar-refractivity contribution is 5.89. The van der Waals surface area contributed by atoms with E-state index < -0.39 is 0 Å². The van der Waals surface area contributed by atoms with Crippen LogP contribution in [0.15, 0.2) is 24.3 Å². The molecule has 2 aliphatic heterocycles. The second kappa shape index (κ2) is 10.4. The number of likely N-dealkylation sites (tertiary alicyclic amines) is 1. The summed E-state index contributed by atoms with van der Waals surface area (Å²) in [5.74, 6) is 0.943. The molecule has 1 saturated carbocycles. The van der Waals surface area contributed by atoms with Gasteiger partial charge in [-0.15, -0.1) is 0 Å². The number of piperazine rings is 1. The highest BCUT2D eigenvalue weighted by atomic mass is 16.5. The van der Waals surface area contributed by atoms with Crippen molar-refractivity contribution in [1.82, 2.24) is 15.1 Å². The first-order valence-corrected chi connectivity index (χ1v) is 11.8. The van der Waals surface area contributed by atoms with E-state index in [1.165, 1.54) is 18.5 Å². The number of nitrogens with one attached hydrogen (secondary N) is 1. The fourth-order valence-corrected chi connectivity index (χ4v) is 5.16. The average molecular weight is 429 g/mol. The van der Waals surface area contributed by atoms with Crippen molar-refractivity contribution in [3.05, 3.63) is 24.3 Å². The molecule has 31 heavy (non-hydrogen) atoms. The number of nitrogens with zero attached hydrogens (tertiary/aromatic N) is 3. The van der Waals surface area contributed by atoms with Crippen LogP contribution < -0.4 is 15.0 Å². The lowest BCUT2D eigenvalue weighted by atomic mass is 10.1. The van der Waals surface area contributed by atoms with Gasteiger partial charge in [-0.1, -0.05) is 12.8 Å². The number of hydrogen-bond donors (Lipinski definition) is 1. The number of ether oxygens (including phenoxy) is 1. The number of hydrogen-bond acceptors (Lipinski definition) is 5. The van der Waals surface area contributed by atoms with E-state index in [9.17, 15) is 9.59 Å². The molecule has 1 aliphatic carbocycles. The van der Waals surface area contributed by atoms with Crippen LogP contribution in [0.2, 0.25) is 0 Å². The Bertz CT molecular complexity index is 740. The average Bonchev–Trinajstić information content (AvgIpc) is 3.47. The van der Waals surface area contributed by atoms with Gasteiger partial charge in [-0.2, -0.15) is 0 Å². The number of anilines is 1. The van der Waals surface area contributed by atoms with Crippen LogP contribution in [0.3, 0.4) is 0 Å². The second-order valence-electron chi connectivity index (χ2n) is 9.06. The van der Waals surface area contributed by atoms with Crippen LogP contribution in [0.5, 0.6) is 5.75 Å². The van der Waals surface area contributed by atoms with E-state index in [1.807, 2.05) is 17.0 Å². The van der Waals surface area contributed by atoms with E-state index in [-0.39, 0.29) is 17.7 Å². The molecule has 3 fully saturated rings. The summed E-state index contributed by atoms with van der Waals surface area (Å²) in [6.45, 7) is 6.39. The largest absolute Gasteiger partial charge is 0.497 e. The predicted molar refractivity (Wildman–Crippen MR) is 121 cm³/mol. The number of rotatable bonds is 8. The van der Waals surface area contributed by atoms with Crippen LogP contribution in [0.4, 0.5) is 5.69 Å². The van der Waals surface area contributed by atoms with Gasteiger partial charge in [0.25, 0.3) is 0 Å². The number of carbonyl (C=O) groups is 2. The maximum Gasteiger partial charge on any atom is 0.225 e. The van der Waals surface area contributed by atoms with Gasteiger partial charge in [-0.3, -0.25) is 14.5 Å². The quantitative estimate of drug-likeness (QED) is 0.643. The van der Waals surface area contributed by atoms with Crippen LogP contribution in [-0.2, 0) is 9.59 Å². The van der Waals surface area contributed by atoms with Gasteiger partial charge in [0.2, 0.25) is 11.8 Å². The molecule has 1 atom stereocenters. The monoisotopic (exact) mass is 428 g/mol. The SMILES string of the molecule is COc1ccc(N2CCN(CCCNC(=O)[C@@H]3CC(=O)N(C4CCCC4)C3)CC2)cc1. The van der Waals surface area contributed by atoms with Crippen molar-refractivity contribution in [3.63, 3.8) is 0 Å². The summed E-state index contributed by atoms with van der Waals surface area (Å²) in [7, 11) is 1.69. The van der Waals surface area contributed by atoms with E-state index in [2.05, 4.69) is 27.2 Å². The molecule has 4 rings (SSSR count). The lowest BCUT2D eigenvalue weighted by Crippen LogP contribution is -2.47. The Hall–Kier alpha value is -2.28. The van der Waals surface area contributed by atoms with Crippen molar-refractivity contribution in [2.24, 2.45) is 5.92 Å². The third-order valence-corrected chi connectivity index (χ3v) is 7.05. The number of amides is 2. The molecule has 0 bridgehead atoms. The molecule has 7 nitrogen and oxygen atoms in total. The topological polar surface area (TPSA) is 65.1 Å². The first kappa shape index (κ1) is 21.9. The van der Waals surface area contributed by atoms with Crippen molar-refractivity contribution >= 4 is 17.5 Å². The Balaban J connectivity index is 1.11. The molecule has 1 N–H and O–H groups in total. The standard InChI is InChI=1S/C24H36N4O3/c1-31-22-9-7-20(8-10-22)27-15-13-26(14-16-27)12-4-11-25-24(30)19-17-23(29)28(18-19)21-5-2-3-6-21/h7-10,19,21H,2-6,11-18H2,1H3,(H,25,30)/t19-/m1/s1. The predicted octanol–water partition coefficient (Wildman–Crippen LogP) is 2.11. The van der Waals surface area contributed by atoms with Crippen molar-refractivity contribution in [3.8, 4) is 5.75 Å². The third kappa shape index (κ3) is 5.50. The molecule has 0 spiro atoms. The van der Waals surface area contributed by atoms with Gasteiger partial charge in [0.15, 0.2) is 0 Å². The Morgan fingerprint density at radius 3 is 2.48 bits per heavy atom. The highest BCUT2D eigenvalue weighted by Gasteiger charge is 2.38. The van der Waals surface area contributed by atoms with E-state index in [4.69, 9.17) is 4.74 Å². The minimum atomic E-state index is -0.166. The van der Waals surface area contributed by atoms with E-state index in [0.29, 0.717) is 25.6 Å². The summed E-state index contributed by atoms with van der Waals surface area (Å²) in [5.41, 5.74) is 1.24. The molecule has 170 valence electrons. The number of benzene rings is 1. The van der Waals surface area contributed by atoms with E-state index in [1.54, 1.807) is 7.11 Å². The van der Waals surface area contributed by atoms with Gasteiger partial charge in [-0.25, -0.2) is 0 Å². The van der Waals surface area contributed by atoms with Gasteiger partial charge in [0.05, 0.1) is 13.0 Å². The first-order chi connectivity index (χ1) is 15.1. The maximum absolute atomic E-state index is 12.5. The lowest BCUT2D eigenvalue weighted by Gasteiger charge is -2.36. The smallest absolute Gasteiger partial charge is 0.225 e. The first-order valence-electron chi connectivity index (χ1n) is 11.8. The molecule has 2 saturated heterocycles. The van der Waals surface area contributed by atoms with Crippen molar-refractivity contribution in [2.45, 2.75) is 44.6 Å². The minimum absolute atomic E-state index is 0.0539. The summed E-state index contributed by atoms with van der Waals surface area (Å²) >= 11 is 0. The van der Waals surface area contributed by atoms with Crippen molar-refractivity contribution < 1.29 is 14.3 Å². The molecule has 0 radical (unpaired) electrons. The van der Waals surface area contributed by atoms with Crippen LogP contribution in [-0.4, -0.2) is 80.6 Å². The molecule has 0 unspecified atom stereocenters. The fourth-order valence-electron chi connectivity index (χ4n) is 5.16. The molecule has 2 amide bonds. The minimum Gasteiger partial charge on any atom is -0.497 e. The molecule has 0 aromatic heterocycles. The zero-order chi connectivity index (χ0) is 21.6. The van der Waals surface area contributed by atoms with Crippen LogP contribution >= 0.6 is 0 Å². The molecule has 2 heterocycles. The van der Waals surface area contributed by atoms with Crippen molar-refractivity contribution in [1.29, 1.82) is 0 Å². The zero-order valence-corrected chi connectivity index (χ0v) is 18.7. The Morgan fingerprint density at radius 2 is 1.81 bits per heavy atom. The summed E-state index contributed by atoms with van der Waals surface area (Å²) in [4.78, 5) is 31.7. The highest BCUT2D eigenvalue weighted by Crippen LogP contribution is 2.29. The van der Waals surface area contributed by atoms with E-state index >= 15 is 0 Å². The van der Waals surface area contributed by atoms with Crippen LogP contribution in [0, 0.1) is 5.92 Å². The summed E-state index contributed by atoms with van der Waals surface area (Å²) in [5, 5.41) is 3.07.